The number of hydrogen-bond acceptors (Lipinski definition) is 2. The number of hydrogen-bond donors (Lipinski definition) is 0. The number of rotatable bonds is 3. The Labute approximate surface area is 120 Å². The molecule has 3 nitrogen and oxygen atoms in total. The van der Waals surface area contributed by atoms with E-state index in [2.05, 4.69) is 24.9 Å². The minimum atomic E-state index is 0.0143. The average molecular weight is 268 g/mol. The fourth-order valence-corrected chi connectivity index (χ4v) is 2.01. The summed E-state index contributed by atoms with van der Waals surface area (Å²) in [5.41, 5.74) is 3.94. The summed E-state index contributed by atoms with van der Waals surface area (Å²) in [5, 5.41) is 0. The van der Waals surface area contributed by atoms with E-state index in [1.54, 1.807) is 19.0 Å². The lowest BCUT2D eigenvalue weighted by molar-refractivity contribution is 0.0827. The van der Waals surface area contributed by atoms with Crippen LogP contribution in [0.1, 0.15) is 35.7 Å². The predicted octanol–water partition coefficient (Wildman–Crippen LogP) is 3.57. The van der Waals surface area contributed by atoms with Crippen LogP contribution in [0.15, 0.2) is 42.6 Å². The van der Waals surface area contributed by atoms with Crippen LogP contribution in [0.2, 0.25) is 0 Å². The van der Waals surface area contributed by atoms with Crippen molar-refractivity contribution >= 4 is 5.91 Å². The van der Waals surface area contributed by atoms with Crippen LogP contribution in [0.4, 0.5) is 0 Å². The highest BCUT2D eigenvalue weighted by molar-refractivity contribution is 5.94. The second-order valence-corrected chi connectivity index (χ2v) is 5.41. The molecule has 0 spiro atoms. The molecule has 0 bridgehead atoms. The summed E-state index contributed by atoms with van der Waals surface area (Å²) >= 11 is 0. The first-order chi connectivity index (χ1) is 9.49. The quantitative estimate of drug-likeness (QED) is 0.852. The van der Waals surface area contributed by atoms with Crippen molar-refractivity contribution in [2.24, 2.45) is 0 Å². The van der Waals surface area contributed by atoms with E-state index >= 15 is 0 Å². The number of carbonyl (C=O) groups excluding carboxylic acids is 1. The van der Waals surface area contributed by atoms with Crippen molar-refractivity contribution < 1.29 is 4.79 Å². The summed E-state index contributed by atoms with van der Waals surface area (Å²) < 4.78 is 0. The zero-order valence-corrected chi connectivity index (χ0v) is 12.4. The molecular weight excluding hydrogens is 248 g/mol. The van der Waals surface area contributed by atoms with Crippen LogP contribution in [0.5, 0.6) is 0 Å². The van der Waals surface area contributed by atoms with Crippen LogP contribution in [0.25, 0.3) is 11.3 Å². The van der Waals surface area contributed by atoms with Crippen LogP contribution in [0.3, 0.4) is 0 Å². The third-order valence-corrected chi connectivity index (χ3v) is 3.28. The van der Waals surface area contributed by atoms with Crippen molar-refractivity contribution in [1.82, 2.24) is 9.88 Å². The molecule has 0 fully saturated rings. The lowest BCUT2D eigenvalue weighted by Crippen LogP contribution is -2.21. The number of nitrogens with zero attached hydrogens (tertiary/aromatic N) is 2. The van der Waals surface area contributed by atoms with Gasteiger partial charge in [-0.05, 0) is 35.7 Å². The Bertz CT molecular complexity index is 601. The van der Waals surface area contributed by atoms with Gasteiger partial charge in [-0.1, -0.05) is 26.0 Å². The second-order valence-electron chi connectivity index (χ2n) is 5.41. The molecule has 0 unspecified atom stereocenters. The van der Waals surface area contributed by atoms with Crippen molar-refractivity contribution in [2.45, 2.75) is 19.8 Å². The summed E-state index contributed by atoms with van der Waals surface area (Å²) in [7, 11) is 3.51. The van der Waals surface area contributed by atoms with Crippen LogP contribution in [-0.2, 0) is 0 Å². The van der Waals surface area contributed by atoms with Gasteiger partial charge in [-0.2, -0.15) is 0 Å². The maximum atomic E-state index is 11.8. The first-order valence-corrected chi connectivity index (χ1v) is 6.77. The summed E-state index contributed by atoms with van der Waals surface area (Å²) in [6.07, 6.45) is 1.84. The molecule has 3 heteroatoms. The number of carbonyl (C=O) groups is 1. The second kappa shape index (κ2) is 5.87. The van der Waals surface area contributed by atoms with Crippen LogP contribution in [-0.4, -0.2) is 29.9 Å². The van der Waals surface area contributed by atoms with E-state index in [0.29, 0.717) is 11.5 Å². The van der Waals surface area contributed by atoms with Crippen molar-refractivity contribution in [3.63, 3.8) is 0 Å². The summed E-state index contributed by atoms with van der Waals surface area (Å²) in [6.45, 7) is 4.33. The SMILES string of the molecule is CC(C)c1ccnc(-c2ccc(C(=O)N(C)C)cc2)c1. The largest absolute Gasteiger partial charge is 0.345 e. The molecule has 1 aromatic carbocycles. The van der Waals surface area contributed by atoms with Gasteiger partial charge in [0, 0.05) is 31.4 Å². The van der Waals surface area contributed by atoms with E-state index in [1.807, 2.05) is 36.5 Å². The van der Waals surface area contributed by atoms with Gasteiger partial charge in [0.05, 0.1) is 5.69 Å². The topological polar surface area (TPSA) is 33.2 Å². The summed E-state index contributed by atoms with van der Waals surface area (Å²) in [5.74, 6) is 0.492. The molecule has 0 radical (unpaired) electrons. The van der Waals surface area contributed by atoms with Crippen LogP contribution < -0.4 is 0 Å². The number of aromatic nitrogens is 1. The minimum absolute atomic E-state index is 0.0143. The molecule has 1 aromatic heterocycles. The molecule has 104 valence electrons. The molecule has 2 aromatic rings. The Morgan fingerprint density at radius 3 is 2.30 bits per heavy atom. The van der Waals surface area contributed by atoms with E-state index in [4.69, 9.17) is 0 Å². The van der Waals surface area contributed by atoms with E-state index < -0.39 is 0 Å². The molecule has 0 saturated carbocycles. The number of amides is 1. The Kier molecular flexibility index (Phi) is 4.18. The predicted molar refractivity (Wildman–Crippen MR) is 81.8 cm³/mol. The normalized spacial score (nSPS) is 10.7. The van der Waals surface area contributed by atoms with Gasteiger partial charge in [0.1, 0.15) is 0 Å². The van der Waals surface area contributed by atoms with E-state index in [0.717, 1.165) is 11.3 Å². The van der Waals surface area contributed by atoms with Gasteiger partial charge in [-0.25, -0.2) is 0 Å². The summed E-state index contributed by atoms with van der Waals surface area (Å²) in [4.78, 5) is 17.8. The smallest absolute Gasteiger partial charge is 0.253 e. The van der Waals surface area contributed by atoms with Gasteiger partial charge >= 0.3 is 0 Å². The highest BCUT2D eigenvalue weighted by Crippen LogP contribution is 2.22. The van der Waals surface area contributed by atoms with Crippen molar-refractivity contribution in [3.8, 4) is 11.3 Å². The molecule has 2 rings (SSSR count). The van der Waals surface area contributed by atoms with Gasteiger partial charge in [0.15, 0.2) is 0 Å². The molecule has 20 heavy (non-hydrogen) atoms. The highest BCUT2D eigenvalue weighted by atomic mass is 16.2. The zero-order chi connectivity index (χ0) is 14.7. The van der Waals surface area contributed by atoms with Gasteiger partial charge in [-0.3, -0.25) is 9.78 Å². The van der Waals surface area contributed by atoms with Crippen molar-refractivity contribution in [1.29, 1.82) is 0 Å². The van der Waals surface area contributed by atoms with Gasteiger partial charge in [0.25, 0.3) is 5.91 Å². The number of benzene rings is 1. The maximum Gasteiger partial charge on any atom is 0.253 e. The molecular formula is C17H20N2O. The van der Waals surface area contributed by atoms with E-state index in [1.165, 1.54) is 5.56 Å². The third-order valence-electron chi connectivity index (χ3n) is 3.28. The molecule has 0 aliphatic carbocycles. The number of pyridine rings is 1. The molecule has 0 aliphatic rings. The molecule has 0 N–H and O–H groups in total. The lowest BCUT2D eigenvalue weighted by Gasteiger charge is -2.11. The molecule has 1 amide bonds. The first kappa shape index (κ1) is 14.3. The Balaban J connectivity index is 2.30. The van der Waals surface area contributed by atoms with Gasteiger partial charge in [0.2, 0.25) is 0 Å². The fourth-order valence-electron chi connectivity index (χ4n) is 2.01. The zero-order valence-electron chi connectivity index (χ0n) is 12.4. The first-order valence-electron chi connectivity index (χ1n) is 6.77. The Morgan fingerprint density at radius 2 is 1.75 bits per heavy atom. The molecule has 0 atom stereocenters. The van der Waals surface area contributed by atoms with E-state index in [9.17, 15) is 4.79 Å². The third kappa shape index (κ3) is 3.05. The standard InChI is InChI=1S/C17H20N2O/c1-12(2)15-9-10-18-16(11-15)13-5-7-14(8-6-13)17(20)19(3)4/h5-12H,1-4H3. The van der Waals surface area contributed by atoms with Gasteiger partial charge in [-0.15, -0.1) is 0 Å². The summed E-state index contributed by atoms with van der Waals surface area (Å²) in [6, 6.07) is 11.7. The Hall–Kier alpha value is -2.16. The minimum Gasteiger partial charge on any atom is -0.345 e. The van der Waals surface area contributed by atoms with Crippen molar-refractivity contribution in [3.05, 3.63) is 53.7 Å². The molecule has 0 saturated heterocycles. The van der Waals surface area contributed by atoms with Crippen LogP contribution >= 0.6 is 0 Å². The van der Waals surface area contributed by atoms with E-state index in [-0.39, 0.29) is 5.91 Å². The molecule has 1 heterocycles. The Morgan fingerprint density at radius 1 is 1.10 bits per heavy atom. The van der Waals surface area contributed by atoms with Gasteiger partial charge < -0.3 is 4.90 Å². The lowest BCUT2D eigenvalue weighted by atomic mass is 10.0. The molecule has 0 aliphatic heterocycles. The highest BCUT2D eigenvalue weighted by Gasteiger charge is 2.08. The monoisotopic (exact) mass is 268 g/mol. The van der Waals surface area contributed by atoms with Crippen LogP contribution in [0, 0.1) is 0 Å². The average Bonchev–Trinajstić information content (AvgIpc) is 2.46. The maximum absolute atomic E-state index is 11.8. The fraction of sp³-hybridized carbons (Fsp3) is 0.294. The van der Waals surface area contributed by atoms with Crippen molar-refractivity contribution in [2.75, 3.05) is 14.1 Å².